The topological polar surface area (TPSA) is 15.3 Å². The standard InChI is InChI=1S/C14H18F2N2.ClH/c15-11-6-13(16)12-3-5-18(14(12)7-11)9-10-2-1-4-17-8-10;/h6-7,10,17H,1-5,8-9H2;1H. The van der Waals surface area contributed by atoms with Gasteiger partial charge in [-0.05, 0) is 44.3 Å². The van der Waals surface area contributed by atoms with Gasteiger partial charge in [0.1, 0.15) is 11.6 Å². The van der Waals surface area contributed by atoms with Gasteiger partial charge in [0, 0.05) is 30.4 Å². The Morgan fingerprint density at radius 3 is 2.89 bits per heavy atom. The van der Waals surface area contributed by atoms with Crippen molar-refractivity contribution in [1.29, 1.82) is 0 Å². The highest BCUT2D eigenvalue weighted by Gasteiger charge is 2.26. The lowest BCUT2D eigenvalue weighted by molar-refractivity contribution is 0.378. The molecule has 2 aliphatic heterocycles. The highest BCUT2D eigenvalue weighted by molar-refractivity contribution is 5.85. The second kappa shape index (κ2) is 6.06. The second-order valence-corrected chi connectivity index (χ2v) is 5.29. The highest BCUT2D eigenvalue weighted by atomic mass is 35.5. The van der Waals surface area contributed by atoms with Crippen LogP contribution in [0.2, 0.25) is 0 Å². The van der Waals surface area contributed by atoms with Gasteiger partial charge in [0.05, 0.1) is 0 Å². The minimum Gasteiger partial charge on any atom is -0.370 e. The fourth-order valence-electron chi connectivity index (χ4n) is 3.07. The number of rotatable bonds is 2. The van der Waals surface area contributed by atoms with Gasteiger partial charge in [-0.15, -0.1) is 12.4 Å². The second-order valence-electron chi connectivity index (χ2n) is 5.29. The Kier molecular flexibility index (Phi) is 4.63. The van der Waals surface area contributed by atoms with E-state index in [9.17, 15) is 8.78 Å². The molecule has 2 heterocycles. The monoisotopic (exact) mass is 288 g/mol. The van der Waals surface area contributed by atoms with Crippen LogP contribution in [0.4, 0.5) is 14.5 Å². The fraction of sp³-hybridized carbons (Fsp3) is 0.571. The van der Waals surface area contributed by atoms with Crippen molar-refractivity contribution in [1.82, 2.24) is 5.32 Å². The maximum atomic E-state index is 13.6. The van der Waals surface area contributed by atoms with E-state index in [-0.39, 0.29) is 12.4 Å². The van der Waals surface area contributed by atoms with Crippen LogP contribution in [-0.2, 0) is 6.42 Å². The third-order valence-corrected chi connectivity index (χ3v) is 3.99. The van der Waals surface area contributed by atoms with Crippen molar-refractivity contribution in [2.75, 3.05) is 31.1 Å². The van der Waals surface area contributed by atoms with Crippen LogP contribution in [0, 0.1) is 17.6 Å². The predicted molar refractivity (Wildman–Crippen MR) is 75.1 cm³/mol. The van der Waals surface area contributed by atoms with Gasteiger partial charge in [0.25, 0.3) is 0 Å². The molecule has 5 heteroatoms. The first-order valence-electron chi connectivity index (χ1n) is 6.67. The lowest BCUT2D eigenvalue weighted by Crippen LogP contribution is -2.37. The van der Waals surface area contributed by atoms with Crippen LogP contribution in [0.5, 0.6) is 0 Å². The normalized spacial score (nSPS) is 22.0. The number of benzene rings is 1. The first kappa shape index (κ1) is 14.5. The Morgan fingerprint density at radius 2 is 2.16 bits per heavy atom. The molecule has 0 bridgehead atoms. The summed E-state index contributed by atoms with van der Waals surface area (Å²) < 4.78 is 26.9. The summed E-state index contributed by atoms with van der Waals surface area (Å²) in [5.74, 6) is -0.273. The zero-order chi connectivity index (χ0) is 12.5. The fourth-order valence-corrected chi connectivity index (χ4v) is 3.07. The lowest BCUT2D eigenvalue weighted by atomic mass is 9.99. The van der Waals surface area contributed by atoms with E-state index in [1.807, 2.05) is 0 Å². The Hall–Kier alpha value is -0.870. The molecule has 0 spiro atoms. The number of halogens is 3. The van der Waals surface area contributed by atoms with Crippen LogP contribution in [0.15, 0.2) is 12.1 Å². The van der Waals surface area contributed by atoms with Crippen molar-refractivity contribution >= 4 is 18.1 Å². The van der Waals surface area contributed by atoms with Gasteiger partial charge in [-0.2, -0.15) is 0 Å². The summed E-state index contributed by atoms with van der Waals surface area (Å²) in [6.07, 6.45) is 3.10. The first-order valence-corrected chi connectivity index (χ1v) is 6.67. The molecule has 2 aliphatic rings. The molecule has 1 aromatic carbocycles. The Morgan fingerprint density at radius 1 is 1.32 bits per heavy atom. The van der Waals surface area contributed by atoms with Crippen LogP contribution in [-0.4, -0.2) is 26.2 Å². The molecule has 0 aromatic heterocycles. The minimum absolute atomic E-state index is 0. The molecule has 19 heavy (non-hydrogen) atoms. The molecule has 0 radical (unpaired) electrons. The third kappa shape index (κ3) is 3.00. The molecule has 0 amide bonds. The van der Waals surface area contributed by atoms with E-state index in [4.69, 9.17) is 0 Å². The molecule has 1 N–H and O–H groups in total. The van der Waals surface area contributed by atoms with E-state index in [1.54, 1.807) is 0 Å². The maximum absolute atomic E-state index is 13.6. The van der Waals surface area contributed by atoms with Crippen molar-refractivity contribution < 1.29 is 8.78 Å². The van der Waals surface area contributed by atoms with E-state index < -0.39 is 11.6 Å². The van der Waals surface area contributed by atoms with Crippen molar-refractivity contribution in [3.05, 3.63) is 29.3 Å². The number of anilines is 1. The largest absolute Gasteiger partial charge is 0.370 e. The number of piperidine rings is 1. The molecule has 106 valence electrons. The molecule has 3 rings (SSSR count). The molecule has 0 aliphatic carbocycles. The average molecular weight is 289 g/mol. The van der Waals surface area contributed by atoms with Crippen LogP contribution in [0.25, 0.3) is 0 Å². The number of hydrogen-bond acceptors (Lipinski definition) is 2. The number of nitrogens with one attached hydrogen (secondary N) is 1. The molecule has 1 atom stereocenters. The van der Waals surface area contributed by atoms with Crippen LogP contribution < -0.4 is 10.2 Å². The van der Waals surface area contributed by atoms with Crippen molar-refractivity contribution in [3.63, 3.8) is 0 Å². The van der Waals surface area contributed by atoms with Gasteiger partial charge in [-0.3, -0.25) is 0 Å². The molecular formula is C14H19ClF2N2. The van der Waals surface area contributed by atoms with Gasteiger partial charge in [0.2, 0.25) is 0 Å². The van der Waals surface area contributed by atoms with Crippen LogP contribution in [0.1, 0.15) is 18.4 Å². The summed E-state index contributed by atoms with van der Waals surface area (Å²) in [5.41, 5.74) is 1.44. The van der Waals surface area contributed by atoms with Crippen molar-refractivity contribution in [2.45, 2.75) is 19.3 Å². The summed E-state index contributed by atoms with van der Waals surface area (Å²) in [5, 5.41) is 3.38. The molecular weight excluding hydrogens is 270 g/mol. The average Bonchev–Trinajstić information content (AvgIpc) is 2.74. The summed E-state index contributed by atoms with van der Waals surface area (Å²) in [4.78, 5) is 2.14. The summed E-state index contributed by atoms with van der Waals surface area (Å²) in [6, 6.07) is 2.46. The maximum Gasteiger partial charge on any atom is 0.131 e. The summed E-state index contributed by atoms with van der Waals surface area (Å²) in [6.45, 7) is 3.83. The Labute approximate surface area is 118 Å². The lowest BCUT2D eigenvalue weighted by Gasteiger charge is -2.29. The smallest absolute Gasteiger partial charge is 0.131 e. The van der Waals surface area contributed by atoms with Gasteiger partial charge in [-0.25, -0.2) is 8.78 Å². The zero-order valence-electron chi connectivity index (χ0n) is 10.8. The van der Waals surface area contributed by atoms with Gasteiger partial charge in [-0.1, -0.05) is 0 Å². The van der Waals surface area contributed by atoms with Gasteiger partial charge < -0.3 is 10.2 Å². The molecule has 2 nitrogen and oxygen atoms in total. The van der Waals surface area contributed by atoms with E-state index in [0.717, 1.165) is 37.9 Å². The predicted octanol–water partition coefficient (Wildman–Crippen LogP) is 2.75. The molecule has 1 saturated heterocycles. The van der Waals surface area contributed by atoms with Gasteiger partial charge in [0.15, 0.2) is 0 Å². The third-order valence-electron chi connectivity index (χ3n) is 3.99. The summed E-state index contributed by atoms with van der Waals surface area (Å²) >= 11 is 0. The Bertz CT molecular complexity index is 447. The van der Waals surface area contributed by atoms with Crippen molar-refractivity contribution in [2.24, 2.45) is 5.92 Å². The molecule has 1 aromatic rings. The number of fused-ring (bicyclic) bond motifs is 1. The van der Waals surface area contributed by atoms with E-state index in [2.05, 4.69) is 10.2 Å². The van der Waals surface area contributed by atoms with Crippen LogP contribution in [0.3, 0.4) is 0 Å². The molecule has 1 fully saturated rings. The number of hydrogen-bond donors (Lipinski definition) is 1. The van der Waals surface area contributed by atoms with E-state index >= 15 is 0 Å². The molecule has 0 saturated carbocycles. The summed E-state index contributed by atoms with van der Waals surface area (Å²) in [7, 11) is 0. The quantitative estimate of drug-likeness (QED) is 0.900. The zero-order valence-corrected chi connectivity index (χ0v) is 11.6. The Balaban J connectivity index is 0.00000133. The van der Waals surface area contributed by atoms with Crippen LogP contribution >= 0.6 is 12.4 Å². The minimum atomic E-state index is -0.472. The molecule has 1 unspecified atom stereocenters. The highest BCUT2D eigenvalue weighted by Crippen LogP contribution is 2.32. The first-order chi connectivity index (χ1) is 8.74. The van der Waals surface area contributed by atoms with E-state index in [0.29, 0.717) is 17.9 Å². The van der Waals surface area contributed by atoms with Gasteiger partial charge >= 0.3 is 0 Å². The van der Waals surface area contributed by atoms with E-state index in [1.165, 1.54) is 18.9 Å². The number of nitrogens with zero attached hydrogens (tertiary/aromatic N) is 1. The van der Waals surface area contributed by atoms with Crippen molar-refractivity contribution in [3.8, 4) is 0 Å². The SMILES string of the molecule is Cl.Fc1cc(F)c2c(c1)N(CC1CCCNC1)CC2.